The molecule has 34 heavy (non-hydrogen) atoms. The molecule has 2 fully saturated rings. The normalized spacial score (nSPS) is 32.9. The van der Waals surface area contributed by atoms with Crippen LogP contribution in [0.25, 0.3) is 6.08 Å². The first-order chi connectivity index (χ1) is 16.0. The molecule has 0 spiro atoms. The number of methoxy groups -OCH3 is 1. The number of nitrogens with zero attached hydrogens (tertiary/aromatic N) is 1. The molecule has 1 aromatic rings. The summed E-state index contributed by atoms with van der Waals surface area (Å²) in [7, 11) is 5.54. The van der Waals surface area contributed by atoms with Gasteiger partial charge in [-0.05, 0) is 63.8 Å². The van der Waals surface area contributed by atoms with Crippen molar-refractivity contribution in [3.8, 4) is 0 Å². The molecule has 0 amide bonds. The number of allylic oxidation sites excluding steroid dienone is 1. The molecule has 1 aliphatic carbocycles. The van der Waals surface area contributed by atoms with Crippen LogP contribution in [-0.4, -0.2) is 67.7 Å². The average molecular weight is 492 g/mol. The van der Waals surface area contributed by atoms with Gasteiger partial charge in [-0.15, -0.1) is 11.6 Å². The van der Waals surface area contributed by atoms with E-state index >= 15 is 0 Å². The van der Waals surface area contributed by atoms with Crippen LogP contribution in [0.15, 0.2) is 42.0 Å². The highest BCUT2D eigenvalue weighted by Gasteiger charge is 2.67. The second-order valence-corrected chi connectivity index (χ2v) is 10.3. The van der Waals surface area contributed by atoms with Crippen LogP contribution in [0.1, 0.15) is 45.6 Å². The molecule has 1 aliphatic heterocycles. The van der Waals surface area contributed by atoms with Crippen molar-refractivity contribution in [3.63, 3.8) is 0 Å². The van der Waals surface area contributed by atoms with E-state index in [-0.39, 0.29) is 12.0 Å². The molecular formula is C27H38ClNO5. The van der Waals surface area contributed by atoms with Gasteiger partial charge in [-0.1, -0.05) is 23.8 Å². The lowest BCUT2D eigenvalue weighted by Gasteiger charge is -2.48. The summed E-state index contributed by atoms with van der Waals surface area (Å²) in [5.74, 6) is -0.802. The number of hydrogen-bond donors (Lipinski definition) is 1. The lowest BCUT2D eigenvalue weighted by molar-refractivity contribution is -0.189. The first kappa shape index (κ1) is 26.7. The van der Waals surface area contributed by atoms with Crippen molar-refractivity contribution in [1.29, 1.82) is 0 Å². The Labute approximate surface area is 208 Å². The topological polar surface area (TPSA) is 71.5 Å². The van der Waals surface area contributed by atoms with E-state index in [4.69, 9.17) is 25.8 Å². The third kappa shape index (κ3) is 5.85. The van der Waals surface area contributed by atoms with Crippen molar-refractivity contribution in [1.82, 2.24) is 0 Å². The second-order valence-electron chi connectivity index (χ2n) is 10.1. The molecule has 1 heterocycles. The Morgan fingerprint density at radius 2 is 1.97 bits per heavy atom. The number of carbonyl (C=O) groups excluding carboxylic acids is 1. The van der Waals surface area contributed by atoms with Crippen molar-refractivity contribution in [2.45, 2.75) is 69.5 Å². The molecule has 188 valence electrons. The summed E-state index contributed by atoms with van der Waals surface area (Å²) < 4.78 is 17.8. The Kier molecular flexibility index (Phi) is 8.51. The molecule has 0 aromatic heterocycles. The van der Waals surface area contributed by atoms with Gasteiger partial charge >= 0.3 is 5.97 Å². The van der Waals surface area contributed by atoms with Crippen molar-refractivity contribution >= 4 is 29.3 Å². The minimum atomic E-state index is -1.16. The largest absolute Gasteiger partial charge is 0.456 e. The number of epoxide rings is 1. The van der Waals surface area contributed by atoms with E-state index in [0.29, 0.717) is 12.8 Å². The van der Waals surface area contributed by atoms with E-state index in [1.807, 2.05) is 64.0 Å². The summed E-state index contributed by atoms with van der Waals surface area (Å²) in [6.07, 6.45) is 5.85. The monoisotopic (exact) mass is 491 g/mol. The van der Waals surface area contributed by atoms with Gasteiger partial charge < -0.3 is 24.2 Å². The van der Waals surface area contributed by atoms with Gasteiger partial charge in [0.2, 0.25) is 0 Å². The van der Waals surface area contributed by atoms with Crippen molar-refractivity contribution in [3.05, 3.63) is 47.6 Å². The number of halogens is 1. The van der Waals surface area contributed by atoms with Gasteiger partial charge in [-0.3, -0.25) is 0 Å². The zero-order chi connectivity index (χ0) is 25.1. The molecule has 1 saturated carbocycles. The van der Waals surface area contributed by atoms with Crippen molar-refractivity contribution in [2.75, 3.05) is 32.0 Å². The molecule has 6 atom stereocenters. The van der Waals surface area contributed by atoms with E-state index in [9.17, 15) is 9.90 Å². The maximum absolute atomic E-state index is 12.7. The number of ether oxygens (including phenoxy) is 3. The first-order valence-electron chi connectivity index (χ1n) is 11.8. The summed E-state index contributed by atoms with van der Waals surface area (Å²) in [5.41, 5.74) is 1.44. The van der Waals surface area contributed by atoms with E-state index in [1.54, 1.807) is 13.2 Å². The molecule has 1 N–H and O–H groups in total. The molecule has 0 radical (unpaired) electrons. The summed E-state index contributed by atoms with van der Waals surface area (Å²) in [6, 6.07) is 7.89. The minimum Gasteiger partial charge on any atom is -0.456 e. The molecule has 0 unspecified atom stereocenters. The molecule has 3 rings (SSSR count). The average Bonchev–Trinajstić information content (AvgIpc) is 3.47. The van der Waals surface area contributed by atoms with Crippen molar-refractivity contribution < 1.29 is 24.1 Å². The second kappa shape index (κ2) is 10.8. The fraction of sp³-hybridized carbons (Fsp3) is 0.593. The van der Waals surface area contributed by atoms with Gasteiger partial charge in [0.25, 0.3) is 0 Å². The molecule has 7 heteroatoms. The fourth-order valence-electron chi connectivity index (χ4n) is 5.06. The zero-order valence-corrected chi connectivity index (χ0v) is 21.8. The Morgan fingerprint density at radius 3 is 2.53 bits per heavy atom. The third-order valence-electron chi connectivity index (χ3n) is 7.06. The summed E-state index contributed by atoms with van der Waals surface area (Å²) in [6.45, 7) is 6.09. The standard InChI is InChI=1S/C27H38ClNO5/c1-18(2)7-13-22-26(3,34-22)25-24(32-6)21(15-16-27(25,31)17-28)33-23(30)14-10-19-8-11-20(12-9-19)29(4)5/h7-12,14,21-22,24-25,31H,13,15-17H2,1-6H3/b14-10+/t21-,22+,24-,25-,26-,27+/m1/s1. The Morgan fingerprint density at radius 1 is 1.29 bits per heavy atom. The predicted octanol–water partition coefficient (Wildman–Crippen LogP) is 4.59. The van der Waals surface area contributed by atoms with Crippen LogP contribution < -0.4 is 4.90 Å². The predicted molar refractivity (Wildman–Crippen MR) is 136 cm³/mol. The van der Waals surface area contributed by atoms with Gasteiger partial charge in [0.15, 0.2) is 0 Å². The quantitative estimate of drug-likeness (QED) is 0.179. The van der Waals surface area contributed by atoms with Crippen LogP contribution in [0.4, 0.5) is 5.69 Å². The van der Waals surface area contributed by atoms with Crippen molar-refractivity contribution in [2.24, 2.45) is 5.92 Å². The van der Waals surface area contributed by atoms with Crippen LogP contribution in [0.5, 0.6) is 0 Å². The number of anilines is 1. The number of aliphatic hydroxyl groups is 1. The van der Waals surface area contributed by atoms with Crippen LogP contribution in [0.3, 0.4) is 0 Å². The minimum absolute atomic E-state index is 0.0423. The molecule has 0 bridgehead atoms. The van der Waals surface area contributed by atoms with Crippen LogP contribution >= 0.6 is 11.6 Å². The first-order valence-corrected chi connectivity index (χ1v) is 12.4. The summed E-state index contributed by atoms with van der Waals surface area (Å²) in [4.78, 5) is 14.7. The summed E-state index contributed by atoms with van der Waals surface area (Å²) >= 11 is 6.25. The van der Waals surface area contributed by atoms with Gasteiger partial charge in [-0.2, -0.15) is 0 Å². The zero-order valence-electron chi connectivity index (χ0n) is 21.1. The lowest BCUT2D eigenvalue weighted by Crippen LogP contribution is -2.61. The van der Waals surface area contributed by atoms with E-state index in [2.05, 4.69) is 6.08 Å². The van der Waals surface area contributed by atoms with Gasteiger partial charge in [0.1, 0.15) is 17.8 Å². The number of benzene rings is 1. The highest BCUT2D eigenvalue weighted by molar-refractivity contribution is 6.18. The maximum Gasteiger partial charge on any atom is 0.331 e. The number of alkyl halides is 1. The molecular weight excluding hydrogens is 454 g/mol. The number of hydrogen-bond acceptors (Lipinski definition) is 6. The maximum atomic E-state index is 12.7. The van der Waals surface area contributed by atoms with E-state index < -0.39 is 35.3 Å². The molecule has 6 nitrogen and oxygen atoms in total. The van der Waals surface area contributed by atoms with Gasteiger partial charge in [0.05, 0.1) is 23.5 Å². The molecule has 2 aliphatic rings. The fourth-order valence-corrected chi connectivity index (χ4v) is 5.36. The number of esters is 1. The molecule has 1 aromatic carbocycles. The Balaban J connectivity index is 1.72. The third-order valence-corrected chi connectivity index (χ3v) is 7.53. The highest BCUT2D eigenvalue weighted by Crippen LogP contribution is 2.54. The van der Waals surface area contributed by atoms with Gasteiger partial charge in [0, 0.05) is 33.0 Å². The number of rotatable bonds is 9. The van der Waals surface area contributed by atoms with Crippen LogP contribution in [0.2, 0.25) is 0 Å². The molecule has 1 saturated heterocycles. The number of carbonyl (C=O) groups is 1. The SMILES string of the molecule is CO[C@@H]1[C@H](OC(=O)/C=C/c2ccc(N(C)C)cc2)CC[C@](O)(CCl)[C@H]1[C@]1(C)O[C@H]1CC=C(C)C. The van der Waals surface area contributed by atoms with E-state index in [1.165, 1.54) is 11.6 Å². The van der Waals surface area contributed by atoms with E-state index in [0.717, 1.165) is 17.7 Å². The summed E-state index contributed by atoms with van der Waals surface area (Å²) in [5, 5.41) is 11.4. The lowest BCUT2D eigenvalue weighted by atomic mass is 9.66. The van der Waals surface area contributed by atoms with Gasteiger partial charge in [-0.25, -0.2) is 4.79 Å². The Bertz CT molecular complexity index is 910. The van der Waals surface area contributed by atoms with Crippen LogP contribution in [-0.2, 0) is 19.0 Å². The smallest absolute Gasteiger partial charge is 0.331 e. The highest BCUT2D eigenvalue weighted by atomic mass is 35.5. The van der Waals surface area contributed by atoms with Crippen LogP contribution in [0, 0.1) is 5.92 Å². The Hall–Kier alpha value is -1.86.